The van der Waals surface area contributed by atoms with Crippen LogP contribution in [0.1, 0.15) is 104 Å². The minimum absolute atomic E-state index is 0.221. The number of hydrogen-bond donors (Lipinski definition) is 6. The predicted molar refractivity (Wildman–Crippen MR) is 207 cm³/mol. The quantitative estimate of drug-likeness (QED) is 0.0393. The number of ether oxygens (including phenoxy) is 2. The van der Waals surface area contributed by atoms with Crippen molar-refractivity contribution in [3.8, 4) is 0 Å². The first-order chi connectivity index (χ1) is 24.8. The van der Waals surface area contributed by atoms with Gasteiger partial charge in [0.1, 0.15) is 24.4 Å². The zero-order valence-corrected chi connectivity index (χ0v) is 31.1. The third kappa shape index (κ3) is 23.3. The molecule has 1 fully saturated rings. The van der Waals surface area contributed by atoms with Gasteiger partial charge in [0.15, 0.2) is 6.29 Å². The Bertz CT molecular complexity index is 1110. The van der Waals surface area contributed by atoms with Crippen LogP contribution in [0, 0.1) is 0 Å². The van der Waals surface area contributed by atoms with Gasteiger partial charge in [-0.05, 0) is 70.6 Å². The van der Waals surface area contributed by atoms with Crippen molar-refractivity contribution in [1.29, 1.82) is 0 Å². The second-order valence-corrected chi connectivity index (χ2v) is 12.6. The molecule has 1 rings (SSSR count). The minimum Gasteiger partial charge on any atom is -0.394 e. The molecule has 51 heavy (non-hydrogen) atoms. The molecule has 0 aromatic heterocycles. The Morgan fingerprint density at radius 3 is 1.71 bits per heavy atom. The van der Waals surface area contributed by atoms with Crippen molar-refractivity contribution in [2.24, 2.45) is 0 Å². The van der Waals surface area contributed by atoms with E-state index >= 15 is 0 Å². The van der Waals surface area contributed by atoms with Gasteiger partial charge in [-0.2, -0.15) is 0 Å². The number of hydrogen-bond acceptors (Lipinski definition) is 8. The lowest BCUT2D eigenvalue weighted by Crippen LogP contribution is -2.60. The molecule has 1 heterocycles. The molecule has 9 heteroatoms. The molecule has 0 bridgehead atoms. The molecule has 0 aromatic carbocycles. The number of aliphatic hydroxyl groups is 5. The van der Waals surface area contributed by atoms with Crippen LogP contribution in [0.5, 0.6) is 0 Å². The highest BCUT2D eigenvalue weighted by Gasteiger charge is 2.44. The number of amides is 1. The number of unbranched alkanes of at least 4 members (excludes halogenated alkanes) is 4. The molecule has 1 saturated heterocycles. The molecule has 288 valence electrons. The molecule has 1 aliphatic rings. The van der Waals surface area contributed by atoms with Gasteiger partial charge in [-0.3, -0.25) is 4.79 Å². The molecular formula is C42H67NO8. The van der Waals surface area contributed by atoms with E-state index in [4.69, 9.17) is 9.47 Å². The summed E-state index contributed by atoms with van der Waals surface area (Å²) in [6.45, 7) is 3.46. The minimum atomic E-state index is -1.58. The number of carbonyl (C=O) groups is 1. The van der Waals surface area contributed by atoms with Crippen LogP contribution in [0.2, 0.25) is 0 Å². The van der Waals surface area contributed by atoms with E-state index in [1.807, 2.05) is 6.08 Å². The fraction of sp³-hybridized carbons (Fsp3) is 0.595. The van der Waals surface area contributed by atoms with Gasteiger partial charge in [-0.25, -0.2) is 0 Å². The molecular weight excluding hydrogens is 646 g/mol. The standard InChI is InChI=1S/C42H67NO8/c1-3-5-7-9-10-11-12-13-14-15-16-17-18-19-20-21-22-23-24-25-26-28-30-32-38(46)43-35(36(45)31-29-27-8-6-4-2)34-50-42-41(49)40(48)39(47)37(33-44)51-42/h5,7,10-11,13-14,16-17,19-20,22-23,25-26,29,31,35-37,39-42,44-45,47-49H,3-4,6,8-9,12,15,18,21,24,27-28,30,32-34H2,1-2H3,(H,43,46)/b7-5-,11-10-,14-13-,17-16-,20-19-,23-22-,26-25-,31-29+. The van der Waals surface area contributed by atoms with E-state index in [0.717, 1.165) is 77.0 Å². The summed E-state index contributed by atoms with van der Waals surface area (Å²) in [5.41, 5.74) is 0. The lowest BCUT2D eigenvalue weighted by atomic mass is 9.99. The van der Waals surface area contributed by atoms with Crippen LogP contribution in [-0.4, -0.2) is 87.5 Å². The van der Waals surface area contributed by atoms with E-state index < -0.39 is 49.5 Å². The Morgan fingerprint density at radius 2 is 1.20 bits per heavy atom. The zero-order valence-electron chi connectivity index (χ0n) is 31.1. The maximum absolute atomic E-state index is 12.8. The number of aliphatic hydroxyl groups excluding tert-OH is 5. The maximum atomic E-state index is 12.8. The summed E-state index contributed by atoms with van der Waals surface area (Å²) >= 11 is 0. The maximum Gasteiger partial charge on any atom is 0.220 e. The lowest BCUT2D eigenvalue weighted by molar-refractivity contribution is -0.302. The highest BCUT2D eigenvalue weighted by Crippen LogP contribution is 2.22. The lowest BCUT2D eigenvalue weighted by Gasteiger charge is -2.40. The molecule has 0 aliphatic carbocycles. The Labute approximate surface area is 307 Å². The van der Waals surface area contributed by atoms with E-state index in [1.165, 1.54) is 0 Å². The Hall–Kier alpha value is -2.89. The van der Waals surface area contributed by atoms with Gasteiger partial charge in [-0.1, -0.05) is 124 Å². The molecule has 7 unspecified atom stereocenters. The monoisotopic (exact) mass is 713 g/mol. The molecule has 9 nitrogen and oxygen atoms in total. The van der Waals surface area contributed by atoms with Crippen LogP contribution in [0.4, 0.5) is 0 Å². The summed E-state index contributed by atoms with van der Waals surface area (Å²) < 4.78 is 11.0. The third-order valence-corrected chi connectivity index (χ3v) is 8.16. The topological polar surface area (TPSA) is 149 Å². The molecule has 7 atom stereocenters. The van der Waals surface area contributed by atoms with Gasteiger partial charge in [0.2, 0.25) is 5.91 Å². The summed E-state index contributed by atoms with van der Waals surface area (Å²) in [7, 11) is 0. The van der Waals surface area contributed by atoms with E-state index in [0.29, 0.717) is 6.42 Å². The van der Waals surface area contributed by atoms with Crippen molar-refractivity contribution in [3.63, 3.8) is 0 Å². The second-order valence-electron chi connectivity index (χ2n) is 12.6. The summed E-state index contributed by atoms with van der Waals surface area (Å²) in [5.74, 6) is -0.249. The second kappa shape index (κ2) is 31.8. The predicted octanol–water partition coefficient (Wildman–Crippen LogP) is 6.60. The fourth-order valence-electron chi connectivity index (χ4n) is 5.08. The zero-order chi connectivity index (χ0) is 37.4. The van der Waals surface area contributed by atoms with E-state index in [-0.39, 0.29) is 18.9 Å². The summed E-state index contributed by atoms with van der Waals surface area (Å²) in [6, 6.07) is -0.837. The molecule has 1 aliphatic heterocycles. The highest BCUT2D eigenvalue weighted by atomic mass is 16.7. The Kier molecular flexibility index (Phi) is 28.8. The molecule has 0 aromatic rings. The first-order valence-corrected chi connectivity index (χ1v) is 19.0. The third-order valence-electron chi connectivity index (χ3n) is 8.16. The van der Waals surface area contributed by atoms with Crippen LogP contribution in [0.25, 0.3) is 0 Å². The number of carbonyl (C=O) groups excluding carboxylic acids is 1. The van der Waals surface area contributed by atoms with Crippen LogP contribution in [0.15, 0.2) is 97.2 Å². The SMILES string of the molecule is CC/C=C\C/C=C\C/C=C\C/C=C\C/C=C\C/C=C\C/C=C\CCCC(=O)NC(COC1OC(CO)C(O)C(O)C1O)C(O)/C=C/CCCCC. The molecule has 0 spiro atoms. The van der Waals surface area contributed by atoms with Crippen LogP contribution < -0.4 is 5.32 Å². The molecule has 1 amide bonds. The number of allylic oxidation sites excluding steroid dienone is 15. The van der Waals surface area contributed by atoms with Gasteiger partial charge >= 0.3 is 0 Å². The molecule has 0 radical (unpaired) electrons. The van der Waals surface area contributed by atoms with Crippen molar-refractivity contribution >= 4 is 5.91 Å². The van der Waals surface area contributed by atoms with Crippen molar-refractivity contribution in [2.45, 2.75) is 147 Å². The fourth-order valence-corrected chi connectivity index (χ4v) is 5.08. The number of rotatable bonds is 28. The van der Waals surface area contributed by atoms with Gasteiger partial charge in [0.25, 0.3) is 0 Å². The van der Waals surface area contributed by atoms with E-state index in [2.05, 4.69) is 104 Å². The van der Waals surface area contributed by atoms with E-state index in [1.54, 1.807) is 6.08 Å². The number of nitrogens with one attached hydrogen (secondary N) is 1. The summed E-state index contributed by atoms with van der Waals surface area (Å²) in [5, 5.41) is 53.4. The Balaban J connectivity index is 2.35. The first-order valence-electron chi connectivity index (χ1n) is 19.0. The van der Waals surface area contributed by atoms with Crippen molar-refractivity contribution in [3.05, 3.63) is 97.2 Å². The normalized spacial score (nSPS) is 23.2. The van der Waals surface area contributed by atoms with Gasteiger partial charge in [-0.15, -0.1) is 0 Å². The average Bonchev–Trinajstić information content (AvgIpc) is 3.13. The summed E-state index contributed by atoms with van der Waals surface area (Å²) in [4.78, 5) is 12.8. The first kappa shape index (κ1) is 46.1. The average molecular weight is 714 g/mol. The smallest absolute Gasteiger partial charge is 0.220 e. The van der Waals surface area contributed by atoms with Gasteiger partial charge in [0, 0.05) is 6.42 Å². The van der Waals surface area contributed by atoms with Crippen LogP contribution in [0.3, 0.4) is 0 Å². The summed E-state index contributed by atoms with van der Waals surface area (Å²) in [6.07, 6.45) is 37.9. The van der Waals surface area contributed by atoms with Crippen LogP contribution >= 0.6 is 0 Å². The molecule has 6 N–H and O–H groups in total. The largest absolute Gasteiger partial charge is 0.394 e. The van der Waals surface area contributed by atoms with Gasteiger partial charge in [0.05, 0.1) is 25.4 Å². The van der Waals surface area contributed by atoms with E-state index in [9.17, 15) is 30.3 Å². The van der Waals surface area contributed by atoms with Crippen LogP contribution in [-0.2, 0) is 14.3 Å². The van der Waals surface area contributed by atoms with Crippen molar-refractivity contribution in [2.75, 3.05) is 13.2 Å². The van der Waals surface area contributed by atoms with Crippen molar-refractivity contribution in [1.82, 2.24) is 5.32 Å². The highest BCUT2D eigenvalue weighted by molar-refractivity contribution is 5.76. The molecule has 0 saturated carbocycles. The van der Waals surface area contributed by atoms with Gasteiger partial charge < -0.3 is 40.3 Å². The van der Waals surface area contributed by atoms with Crippen molar-refractivity contribution < 1.29 is 39.8 Å². The Morgan fingerprint density at radius 1 is 0.686 bits per heavy atom.